The predicted molar refractivity (Wildman–Crippen MR) is 133 cm³/mol. The zero-order valence-corrected chi connectivity index (χ0v) is 20.9. The van der Waals surface area contributed by atoms with Gasteiger partial charge >= 0.3 is 0 Å². The number of ether oxygens (including phenoxy) is 1. The van der Waals surface area contributed by atoms with Gasteiger partial charge in [-0.15, -0.1) is 24.0 Å². The standard InChI is InChI=1S/C23H36N4O2.HI/c1-4-24-23(25-13-11-18-10-9-17(2)21(15-18)29-3)26-20-12-14-27(16-20)22(28)19-7-5-6-8-19;/h9-10,15,19-20H,4-8,11-14,16H2,1-3H3,(H2,24,25,26);1H. The third kappa shape index (κ3) is 6.75. The first-order chi connectivity index (χ1) is 14.1. The summed E-state index contributed by atoms with van der Waals surface area (Å²) in [5, 5.41) is 6.87. The predicted octanol–water partition coefficient (Wildman–Crippen LogP) is 3.51. The third-order valence-electron chi connectivity index (χ3n) is 6.03. The molecule has 2 aliphatic rings. The Morgan fingerprint density at radius 2 is 2.03 bits per heavy atom. The van der Waals surface area contributed by atoms with Gasteiger partial charge in [-0.2, -0.15) is 0 Å². The van der Waals surface area contributed by atoms with Crippen molar-refractivity contribution in [1.29, 1.82) is 0 Å². The zero-order chi connectivity index (χ0) is 20.6. The van der Waals surface area contributed by atoms with Crippen LogP contribution in [-0.2, 0) is 11.2 Å². The molecule has 0 aromatic heterocycles. The van der Waals surface area contributed by atoms with E-state index in [1.165, 1.54) is 18.4 Å². The molecule has 2 N–H and O–H groups in total. The second kappa shape index (κ2) is 12.4. The van der Waals surface area contributed by atoms with Gasteiger partial charge in [-0.05, 0) is 56.7 Å². The highest BCUT2D eigenvalue weighted by Gasteiger charge is 2.32. The van der Waals surface area contributed by atoms with E-state index in [0.29, 0.717) is 12.5 Å². The topological polar surface area (TPSA) is 66.0 Å². The summed E-state index contributed by atoms with van der Waals surface area (Å²) in [5.74, 6) is 2.39. The van der Waals surface area contributed by atoms with E-state index in [0.717, 1.165) is 62.6 Å². The fraction of sp³-hybridized carbons (Fsp3) is 0.652. The highest BCUT2D eigenvalue weighted by molar-refractivity contribution is 14.0. The molecule has 168 valence electrons. The SMILES string of the molecule is CCNC(=NCCc1ccc(C)c(OC)c1)NC1CCN(C(=O)C2CCCC2)C1.I. The van der Waals surface area contributed by atoms with E-state index >= 15 is 0 Å². The first-order valence-corrected chi connectivity index (χ1v) is 11.1. The second-order valence-corrected chi connectivity index (χ2v) is 8.21. The van der Waals surface area contributed by atoms with Crippen molar-refractivity contribution < 1.29 is 9.53 Å². The van der Waals surface area contributed by atoms with Crippen molar-refractivity contribution in [3.05, 3.63) is 29.3 Å². The minimum Gasteiger partial charge on any atom is -0.496 e. The van der Waals surface area contributed by atoms with Gasteiger partial charge in [0.2, 0.25) is 5.91 Å². The molecule has 1 amide bonds. The maximum atomic E-state index is 12.7. The Morgan fingerprint density at radius 1 is 1.27 bits per heavy atom. The van der Waals surface area contributed by atoms with E-state index in [9.17, 15) is 4.79 Å². The maximum absolute atomic E-state index is 12.7. The molecule has 1 aliphatic carbocycles. The van der Waals surface area contributed by atoms with Crippen molar-refractivity contribution >= 4 is 35.8 Å². The second-order valence-electron chi connectivity index (χ2n) is 8.21. The Balaban J connectivity index is 0.00000320. The Kier molecular flexibility index (Phi) is 10.2. The summed E-state index contributed by atoms with van der Waals surface area (Å²) in [6.07, 6.45) is 6.40. The molecular formula is C23H37IN4O2. The molecule has 2 fully saturated rings. The van der Waals surface area contributed by atoms with Gasteiger partial charge in [0.15, 0.2) is 5.96 Å². The van der Waals surface area contributed by atoms with Crippen LogP contribution in [0, 0.1) is 12.8 Å². The Labute approximate surface area is 198 Å². The van der Waals surface area contributed by atoms with Crippen molar-refractivity contribution in [3.63, 3.8) is 0 Å². The molecule has 3 rings (SSSR count). The number of nitrogens with zero attached hydrogens (tertiary/aromatic N) is 2. The summed E-state index contributed by atoms with van der Waals surface area (Å²) in [4.78, 5) is 19.5. The van der Waals surface area contributed by atoms with Crippen LogP contribution in [0.1, 0.15) is 50.2 Å². The fourth-order valence-corrected chi connectivity index (χ4v) is 4.34. The lowest BCUT2D eigenvalue weighted by atomic mass is 10.1. The monoisotopic (exact) mass is 528 g/mol. The van der Waals surface area contributed by atoms with E-state index in [2.05, 4.69) is 47.6 Å². The number of hydrogen-bond acceptors (Lipinski definition) is 3. The van der Waals surface area contributed by atoms with Gasteiger partial charge in [0.05, 0.1) is 7.11 Å². The number of methoxy groups -OCH3 is 1. The molecule has 6 nitrogen and oxygen atoms in total. The van der Waals surface area contributed by atoms with E-state index in [4.69, 9.17) is 9.73 Å². The summed E-state index contributed by atoms with van der Waals surface area (Å²) in [5.41, 5.74) is 2.37. The first-order valence-electron chi connectivity index (χ1n) is 11.1. The van der Waals surface area contributed by atoms with Crippen molar-refractivity contribution in [2.24, 2.45) is 10.9 Å². The van der Waals surface area contributed by atoms with Crippen LogP contribution in [0.3, 0.4) is 0 Å². The number of aryl methyl sites for hydroxylation is 1. The number of carbonyl (C=O) groups is 1. The largest absolute Gasteiger partial charge is 0.496 e. The summed E-state index contributed by atoms with van der Waals surface area (Å²) in [6, 6.07) is 6.60. The van der Waals surface area contributed by atoms with Crippen molar-refractivity contribution in [2.75, 3.05) is 33.3 Å². The van der Waals surface area contributed by atoms with Crippen LogP contribution in [0.15, 0.2) is 23.2 Å². The molecule has 1 aromatic rings. The Hall–Kier alpha value is -1.51. The quantitative estimate of drug-likeness (QED) is 0.323. The molecule has 1 atom stereocenters. The van der Waals surface area contributed by atoms with Crippen LogP contribution in [-0.4, -0.2) is 56.1 Å². The molecule has 0 radical (unpaired) electrons. The third-order valence-corrected chi connectivity index (χ3v) is 6.03. The number of benzene rings is 1. The summed E-state index contributed by atoms with van der Waals surface area (Å²) in [7, 11) is 1.71. The summed E-state index contributed by atoms with van der Waals surface area (Å²) in [6.45, 7) is 7.30. The zero-order valence-electron chi connectivity index (χ0n) is 18.6. The molecule has 1 unspecified atom stereocenters. The lowest BCUT2D eigenvalue weighted by Crippen LogP contribution is -2.45. The molecule has 1 saturated heterocycles. The van der Waals surface area contributed by atoms with Crippen LogP contribution in [0.25, 0.3) is 0 Å². The average Bonchev–Trinajstić information content (AvgIpc) is 3.41. The highest BCUT2D eigenvalue weighted by Crippen LogP contribution is 2.27. The van der Waals surface area contributed by atoms with Gasteiger partial charge in [-0.3, -0.25) is 9.79 Å². The van der Waals surface area contributed by atoms with E-state index < -0.39 is 0 Å². The molecule has 1 aromatic carbocycles. The fourth-order valence-electron chi connectivity index (χ4n) is 4.34. The van der Waals surface area contributed by atoms with Crippen LogP contribution in [0.2, 0.25) is 0 Å². The smallest absolute Gasteiger partial charge is 0.225 e. The summed E-state index contributed by atoms with van der Waals surface area (Å²) < 4.78 is 5.41. The molecule has 0 spiro atoms. The van der Waals surface area contributed by atoms with Crippen LogP contribution in [0.4, 0.5) is 0 Å². The normalized spacial score (nSPS) is 19.5. The number of rotatable bonds is 7. The lowest BCUT2D eigenvalue weighted by molar-refractivity contribution is -0.134. The van der Waals surface area contributed by atoms with Gasteiger partial charge in [0.25, 0.3) is 0 Å². The van der Waals surface area contributed by atoms with Crippen LogP contribution in [0.5, 0.6) is 5.75 Å². The molecular weight excluding hydrogens is 491 g/mol. The minimum absolute atomic E-state index is 0. The first kappa shape index (κ1) is 24.8. The highest BCUT2D eigenvalue weighted by atomic mass is 127. The van der Waals surface area contributed by atoms with E-state index in [1.54, 1.807) is 7.11 Å². The molecule has 1 heterocycles. The molecule has 30 heavy (non-hydrogen) atoms. The Bertz CT molecular complexity index is 719. The number of nitrogens with one attached hydrogen (secondary N) is 2. The number of likely N-dealkylation sites (tertiary alicyclic amines) is 1. The van der Waals surface area contributed by atoms with Crippen LogP contribution < -0.4 is 15.4 Å². The number of guanidine groups is 1. The Morgan fingerprint density at radius 3 is 2.73 bits per heavy atom. The minimum atomic E-state index is 0. The molecule has 7 heteroatoms. The average molecular weight is 528 g/mol. The van der Waals surface area contributed by atoms with Crippen LogP contribution >= 0.6 is 24.0 Å². The van der Waals surface area contributed by atoms with Gasteiger partial charge in [-0.1, -0.05) is 25.0 Å². The van der Waals surface area contributed by atoms with Gasteiger partial charge in [0, 0.05) is 38.1 Å². The number of carbonyl (C=O) groups excluding carboxylic acids is 1. The van der Waals surface area contributed by atoms with E-state index in [1.807, 2.05) is 0 Å². The number of aliphatic imine (C=N–C) groups is 1. The van der Waals surface area contributed by atoms with Crippen molar-refractivity contribution in [3.8, 4) is 5.75 Å². The van der Waals surface area contributed by atoms with Crippen molar-refractivity contribution in [2.45, 2.75) is 58.4 Å². The van der Waals surface area contributed by atoms with Gasteiger partial charge < -0.3 is 20.3 Å². The van der Waals surface area contributed by atoms with Crippen molar-refractivity contribution in [1.82, 2.24) is 15.5 Å². The maximum Gasteiger partial charge on any atom is 0.225 e. The summed E-state index contributed by atoms with van der Waals surface area (Å²) >= 11 is 0. The number of halogens is 1. The molecule has 1 aliphatic heterocycles. The van der Waals surface area contributed by atoms with Gasteiger partial charge in [0.1, 0.15) is 5.75 Å². The number of amides is 1. The molecule has 1 saturated carbocycles. The number of hydrogen-bond donors (Lipinski definition) is 2. The van der Waals surface area contributed by atoms with E-state index in [-0.39, 0.29) is 35.9 Å². The molecule has 0 bridgehead atoms. The van der Waals surface area contributed by atoms with Gasteiger partial charge in [-0.25, -0.2) is 0 Å². The lowest BCUT2D eigenvalue weighted by Gasteiger charge is -2.21.